The molecule has 0 aliphatic rings. The van der Waals surface area contributed by atoms with Gasteiger partial charge in [-0.05, 0) is 62.6 Å². The SMILES string of the molecule is CCN(CC)C(=O)CN(C)Cc1cc(=O)oc2cc(C)c(C(C)C)cc12. The number of carbonyl (C=O) groups excluding carboxylic acids is 1. The summed E-state index contributed by atoms with van der Waals surface area (Å²) >= 11 is 0. The maximum Gasteiger partial charge on any atom is 0.336 e. The molecule has 0 unspecified atom stereocenters. The number of amides is 1. The summed E-state index contributed by atoms with van der Waals surface area (Å²) in [6, 6.07) is 5.60. The minimum absolute atomic E-state index is 0.100. The van der Waals surface area contributed by atoms with Gasteiger partial charge in [0.15, 0.2) is 0 Å². The van der Waals surface area contributed by atoms with E-state index in [4.69, 9.17) is 4.42 Å². The fraction of sp³-hybridized carbons (Fsp3) is 0.524. The molecule has 142 valence electrons. The van der Waals surface area contributed by atoms with E-state index < -0.39 is 0 Å². The van der Waals surface area contributed by atoms with Gasteiger partial charge >= 0.3 is 5.63 Å². The number of nitrogens with zero attached hydrogens (tertiary/aromatic N) is 2. The normalized spacial score (nSPS) is 11.5. The molecule has 0 radical (unpaired) electrons. The summed E-state index contributed by atoms with van der Waals surface area (Å²) < 4.78 is 5.40. The van der Waals surface area contributed by atoms with Crippen LogP contribution >= 0.6 is 0 Å². The number of fused-ring (bicyclic) bond motifs is 1. The molecule has 0 saturated carbocycles. The first-order valence-corrected chi connectivity index (χ1v) is 9.30. The summed E-state index contributed by atoms with van der Waals surface area (Å²) in [4.78, 5) is 28.1. The lowest BCUT2D eigenvalue weighted by Gasteiger charge is -2.23. The third-order valence-corrected chi connectivity index (χ3v) is 4.80. The molecule has 1 aromatic carbocycles. The number of aryl methyl sites for hydroxylation is 1. The topological polar surface area (TPSA) is 53.8 Å². The molecule has 1 amide bonds. The Bertz CT molecular complexity index is 835. The molecule has 0 N–H and O–H groups in total. The summed E-state index contributed by atoms with van der Waals surface area (Å²) in [6.45, 7) is 12.6. The highest BCUT2D eigenvalue weighted by Crippen LogP contribution is 2.27. The molecule has 0 spiro atoms. The maximum absolute atomic E-state index is 12.3. The Labute approximate surface area is 155 Å². The number of rotatable bonds is 7. The lowest BCUT2D eigenvalue weighted by Crippen LogP contribution is -2.38. The van der Waals surface area contributed by atoms with Crippen molar-refractivity contribution in [1.82, 2.24) is 9.80 Å². The molecule has 26 heavy (non-hydrogen) atoms. The van der Waals surface area contributed by atoms with E-state index in [-0.39, 0.29) is 11.5 Å². The highest BCUT2D eigenvalue weighted by Gasteiger charge is 2.16. The molecular weight excluding hydrogens is 328 g/mol. The Kier molecular flexibility index (Phi) is 6.59. The standard InChI is InChI=1S/C21H30N2O3/c1-7-23(8-2)20(24)13-22(6)12-16-10-21(25)26-19-9-15(5)17(14(3)4)11-18(16)19/h9-11,14H,7-8,12-13H2,1-6H3. The second-order valence-corrected chi connectivity index (χ2v) is 7.19. The molecule has 5 heteroatoms. The van der Waals surface area contributed by atoms with E-state index in [1.165, 1.54) is 5.56 Å². The van der Waals surface area contributed by atoms with E-state index in [0.717, 1.165) is 16.5 Å². The van der Waals surface area contributed by atoms with Crippen LogP contribution in [0.4, 0.5) is 0 Å². The molecule has 0 aliphatic carbocycles. The Morgan fingerprint density at radius 2 is 1.81 bits per heavy atom. The molecule has 0 saturated heterocycles. The van der Waals surface area contributed by atoms with Gasteiger partial charge in [-0.1, -0.05) is 13.8 Å². The molecule has 2 rings (SSSR count). The Morgan fingerprint density at radius 3 is 2.38 bits per heavy atom. The van der Waals surface area contributed by atoms with Crippen LogP contribution < -0.4 is 5.63 Å². The quantitative estimate of drug-likeness (QED) is 0.711. The van der Waals surface area contributed by atoms with Crippen LogP contribution in [0.25, 0.3) is 11.0 Å². The Morgan fingerprint density at radius 1 is 1.15 bits per heavy atom. The average Bonchev–Trinajstić information content (AvgIpc) is 2.54. The van der Waals surface area contributed by atoms with E-state index in [1.807, 2.05) is 43.7 Å². The van der Waals surface area contributed by atoms with Crippen LogP contribution in [-0.2, 0) is 11.3 Å². The van der Waals surface area contributed by atoms with Gasteiger partial charge in [-0.15, -0.1) is 0 Å². The van der Waals surface area contributed by atoms with E-state index in [0.29, 0.717) is 37.7 Å². The van der Waals surface area contributed by atoms with E-state index >= 15 is 0 Å². The highest BCUT2D eigenvalue weighted by molar-refractivity contribution is 5.82. The minimum Gasteiger partial charge on any atom is -0.423 e. The summed E-state index contributed by atoms with van der Waals surface area (Å²) in [5, 5.41) is 0.945. The van der Waals surface area contributed by atoms with Crippen molar-refractivity contribution in [3.05, 3.63) is 45.3 Å². The minimum atomic E-state index is -0.354. The van der Waals surface area contributed by atoms with Gasteiger partial charge in [-0.25, -0.2) is 4.79 Å². The van der Waals surface area contributed by atoms with E-state index in [1.54, 1.807) is 6.07 Å². The predicted molar refractivity (Wildman–Crippen MR) is 106 cm³/mol. The van der Waals surface area contributed by atoms with Crippen molar-refractivity contribution in [3.8, 4) is 0 Å². The monoisotopic (exact) mass is 358 g/mol. The third-order valence-electron chi connectivity index (χ3n) is 4.80. The van der Waals surface area contributed by atoms with Gasteiger partial charge in [0.1, 0.15) is 5.58 Å². The third kappa shape index (κ3) is 4.52. The second-order valence-electron chi connectivity index (χ2n) is 7.19. The first-order valence-electron chi connectivity index (χ1n) is 9.30. The number of likely N-dealkylation sites (N-methyl/N-ethyl adjacent to an activating group) is 2. The zero-order valence-electron chi connectivity index (χ0n) is 16.8. The van der Waals surface area contributed by atoms with Crippen LogP contribution in [-0.4, -0.2) is 42.4 Å². The van der Waals surface area contributed by atoms with Crippen LogP contribution in [0.3, 0.4) is 0 Å². The fourth-order valence-corrected chi connectivity index (χ4v) is 3.40. The van der Waals surface area contributed by atoms with Gasteiger partial charge in [-0.3, -0.25) is 9.69 Å². The largest absolute Gasteiger partial charge is 0.423 e. The van der Waals surface area contributed by atoms with E-state index in [2.05, 4.69) is 19.9 Å². The van der Waals surface area contributed by atoms with Crippen molar-refractivity contribution in [2.45, 2.75) is 47.1 Å². The summed E-state index contributed by atoms with van der Waals surface area (Å²) in [7, 11) is 1.90. The predicted octanol–water partition coefficient (Wildman–Crippen LogP) is 3.53. The molecule has 0 atom stereocenters. The van der Waals surface area contributed by atoms with Crippen molar-refractivity contribution < 1.29 is 9.21 Å². The molecule has 0 fully saturated rings. The lowest BCUT2D eigenvalue weighted by atomic mass is 9.95. The van der Waals surface area contributed by atoms with Crippen molar-refractivity contribution in [1.29, 1.82) is 0 Å². The van der Waals surface area contributed by atoms with Crippen molar-refractivity contribution >= 4 is 16.9 Å². The van der Waals surface area contributed by atoms with Gasteiger partial charge in [0.2, 0.25) is 5.91 Å². The van der Waals surface area contributed by atoms with Gasteiger partial charge in [0.25, 0.3) is 0 Å². The lowest BCUT2D eigenvalue weighted by molar-refractivity contribution is -0.131. The molecule has 5 nitrogen and oxygen atoms in total. The second kappa shape index (κ2) is 8.49. The average molecular weight is 358 g/mol. The van der Waals surface area contributed by atoms with Crippen molar-refractivity contribution in [2.24, 2.45) is 0 Å². The number of hydrogen-bond acceptors (Lipinski definition) is 4. The zero-order valence-corrected chi connectivity index (χ0v) is 16.8. The number of benzene rings is 1. The fourth-order valence-electron chi connectivity index (χ4n) is 3.40. The summed E-state index contributed by atoms with van der Waals surface area (Å²) in [6.07, 6.45) is 0. The smallest absolute Gasteiger partial charge is 0.336 e. The zero-order chi connectivity index (χ0) is 19.4. The van der Waals surface area contributed by atoms with Gasteiger partial charge < -0.3 is 9.32 Å². The van der Waals surface area contributed by atoms with Crippen molar-refractivity contribution in [2.75, 3.05) is 26.7 Å². The number of carbonyl (C=O) groups is 1. The van der Waals surface area contributed by atoms with Crippen LogP contribution in [0.1, 0.15) is 50.3 Å². The first-order chi connectivity index (χ1) is 12.3. The van der Waals surface area contributed by atoms with Crippen LogP contribution in [0.2, 0.25) is 0 Å². The van der Waals surface area contributed by atoms with Crippen LogP contribution in [0.15, 0.2) is 27.4 Å². The molecule has 1 heterocycles. The summed E-state index contributed by atoms with van der Waals surface area (Å²) in [5.41, 5.74) is 3.52. The molecule has 1 aromatic heterocycles. The van der Waals surface area contributed by atoms with Crippen LogP contribution in [0.5, 0.6) is 0 Å². The Balaban J connectivity index is 2.35. The summed E-state index contributed by atoms with van der Waals surface area (Å²) in [5.74, 6) is 0.490. The first kappa shape index (κ1) is 20.2. The van der Waals surface area contributed by atoms with Gasteiger partial charge in [0.05, 0.1) is 6.54 Å². The molecule has 0 bridgehead atoms. The van der Waals surface area contributed by atoms with Crippen molar-refractivity contribution in [3.63, 3.8) is 0 Å². The van der Waals surface area contributed by atoms with E-state index in [9.17, 15) is 9.59 Å². The maximum atomic E-state index is 12.3. The van der Waals surface area contributed by atoms with Gasteiger partial charge in [0, 0.05) is 31.1 Å². The van der Waals surface area contributed by atoms with Crippen LogP contribution in [0, 0.1) is 6.92 Å². The Hall–Kier alpha value is -2.14. The highest BCUT2D eigenvalue weighted by atomic mass is 16.4. The molecule has 2 aromatic rings. The van der Waals surface area contributed by atoms with Gasteiger partial charge in [-0.2, -0.15) is 0 Å². The number of hydrogen-bond donors (Lipinski definition) is 0. The molecule has 0 aliphatic heterocycles. The molecular formula is C21H30N2O3.